The van der Waals surface area contributed by atoms with Crippen molar-refractivity contribution in [3.8, 4) is 5.75 Å². The van der Waals surface area contributed by atoms with Gasteiger partial charge in [-0.2, -0.15) is 5.10 Å². The van der Waals surface area contributed by atoms with Crippen molar-refractivity contribution in [3.63, 3.8) is 0 Å². The molecule has 210 valence electrons. The highest BCUT2D eigenvalue weighted by atomic mass is 32.2. The fraction of sp³-hybridized carbons (Fsp3) is 0.214. The Morgan fingerprint density at radius 3 is 2.78 bits per heavy atom. The van der Waals surface area contributed by atoms with Crippen molar-refractivity contribution < 1.29 is 19.0 Å². The summed E-state index contributed by atoms with van der Waals surface area (Å²) in [6, 6.07) is 19.2. The standard InChI is InChI=1S/C28H27FN8O3S/c1-17-13-25(34-33-17)31-27-21-6-4-12-37(21)35-28(32-27)41-19-10-8-18(9-11-19)30-26(39)16-36-14-22(38)24(15-36)40-23-7-3-2-5-20(23)29/h2-13,22,24,38H,14-16H2,1H3,(H,30,39)(H2,31,32,33,34,35)/t22-,24-/m0/s1. The largest absolute Gasteiger partial charge is 0.483 e. The Balaban J connectivity index is 1.05. The van der Waals surface area contributed by atoms with E-state index in [1.165, 1.54) is 23.9 Å². The van der Waals surface area contributed by atoms with E-state index in [-0.39, 0.29) is 24.7 Å². The number of aliphatic hydroxyl groups excluding tert-OH is 1. The number of para-hydroxylation sites is 1. The molecule has 41 heavy (non-hydrogen) atoms. The van der Waals surface area contributed by atoms with Gasteiger partial charge in [0.25, 0.3) is 0 Å². The van der Waals surface area contributed by atoms with Gasteiger partial charge in [0.1, 0.15) is 17.7 Å². The maximum atomic E-state index is 13.9. The molecule has 1 fully saturated rings. The number of benzene rings is 2. The second kappa shape index (κ2) is 11.6. The second-order valence-corrected chi connectivity index (χ2v) is 10.7. The van der Waals surface area contributed by atoms with Crippen LogP contribution in [-0.4, -0.2) is 72.6 Å². The van der Waals surface area contributed by atoms with Crippen molar-refractivity contribution in [1.82, 2.24) is 29.7 Å². The predicted octanol–water partition coefficient (Wildman–Crippen LogP) is 3.86. The van der Waals surface area contributed by atoms with Crippen LogP contribution >= 0.6 is 11.8 Å². The molecule has 13 heteroatoms. The Morgan fingerprint density at radius 2 is 2.00 bits per heavy atom. The lowest BCUT2D eigenvalue weighted by Crippen LogP contribution is -2.33. The van der Waals surface area contributed by atoms with Crippen LogP contribution in [0.2, 0.25) is 0 Å². The Morgan fingerprint density at radius 1 is 1.17 bits per heavy atom. The predicted molar refractivity (Wildman–Crippen MR) is 152 cm³/mol. The van der Waals surface area contributed by atoms with Crippen molar-refractivity contribution in [2.75, 3.05) is 30.3 Å². The molecule has 4 heterocycles. The van der Waals surface area contributed by atoms with E-state index in [4.69, 9.17) is 4.74 Å². The number of H-pyrrole nitrogens is 1. The molecular formula is C28H27FN8O3S. The Bertz CT molecular complexity index is 1670. The van der Waals surface area contributed by atoms with Crippen molar-refractivity contribution in [3.05, 3.63) is 84.4 Å². The first-order valence-electron chi connectivity index (χ1n) is 12.9. The number of ether oxygens (including phenoxy) is 1. The third-order valence-corrected chi connectivity index (χ3v) is 7.33. The number of hydrogen-bond acceptors (Lipinski definition) is 9. The minimum absolute atomic E-state index is 0.0702. The fourth-order valence-corrected chi connectivity index (χ4v) is 5.30. The number of likely N-dealkylation sites (tertiary alicyclic amines) is 1. The zero-order valence-electron chi connectivity index (χ0n) is 22.0. The number of carbonyl (C=O) groups excluding carboxylic acids is 1. The van der Waals surface area contributed by atoms with Gasteiger partial charge in [0.15, 0.2) is 23.2 Å². The number of aromatic nitrogens is 5. The van der Waals surface area contributed by atoms with E-state index >= 15 is 0 Å². The number of hydrogen-bond donors (Lipinski definition) is 4. The minimum Gasteiger partial charge on any atom is -0.483 e. The molecule has 0 saturated carbocycles. The van der Waals surface area contributed by atoms with Crippen molar-refractivity contribution in [2.45, 2.75) is 29.2 Å². The first-order valence-corrected chi connectivity index (χ1v) is 13.7. The van der Waals surface area contributed by atoms with Crippen LogP contribution in [-0.2, 0) is 4.79 Å². The molecule has 0 aliphatic carbocycles. The molecule has 0 bridgehead atoms. The van der Waals surface area contributed by atoms with E-state index in [1.807, 2.05) is 55.6 Å². The third-order valence-electron chi connectivity index (χ3n) is 6.47. The van der Waals surface area contributed by atoms with E-state index < -0.39 is 18.0 Å². The van der Waals surface area contributed by atoms with Crippen LogP contribution < -0.4 is 15.4 Å². The molecule has 0 unspecified atom stereocenters. The van der Waals surface area contributed by atoms with E-state index in [2.05, 4.69) is 30.9 Å². The number of carbonyl (C=O) groups is 1. The van der Waals surface area contributed by atoms with Gasteiger partial charge in [-0.05, 0) is 67.2 Å². The molecule has 3 aromatic heterocycles. The number of nitrogens with one attached hydrogen (secondary N) is 3. The number of halogens is 1. The average molecular weight is 575 g/mol. The van der Waals surface area contributed by atoms with Crippen LogP contribution in [0.4, 0.5) is 21.7 Å². The van der Waals surface area contributed by atoms with Gasteiger partial charge in [-0.25, -0.2) is 13.9 Å². The van der Waals surface area contributed by atoms with Crippen LogP contribution in [0.1, 0.15) is 5.69 Å². The van der Waals surface area contributed by atoms with Crippen LogP contribution in [0.15, 0.2) is 83.0 Å². The summed E-state index contributed by atoms with van der Waals surface area (Å²) < 4.78 is 21.3. The molecule has 0 radical (unpaired) electrons. The molecule has 2 aromatic carbocycles. The molecule has 1 saturated heterocycles. The summed E-state index contributed by atoms with van der Waals surface area (Å²) in [7, 11) is 0. The SMILES string of the molecule is Cc1cc(Nc2nc(Sc3ccc(NC(=O)CN4C[C@H](Oc5ccccc5F)[C@@H](O)C4)cc3)nn3cccc23)n[nH]1. The molecule has 1 amide bonds. The molecule has 1 aliphatic heterocycles. The number of fused-ring (bicyclic) bond motifs is 1. The molecule has 0 spiro atoms. The second-order valence-electron chi connectivity index (χ2n) is 9.66. The van der Waals surface area contributed by atoms with E-state index in [0.29, 0.717) is 29.0 Å². The van der Waals surface area contributed by atoms with Gasteiger partial charge in [-0.15, -0.1) is 5.10 Å². The van der Waals surface area contributed by atoms with E-state index in [1.54, 1.807) is 21.5 Å². The zero-order valence-corrected chi connectivity index (χ0v) is 22.8. The molecular weight excluding hydrogens is 547 g/mol. The maximum Gasteiger partial charge on any atom is 0.238 e. The molecule has 5 aromatic rings. The molecule has 4 N–H and O–H groups in total. The number of aliphatic hydroxyl groups is 1. The monoisotopic (exact) mass is 574 g/mol. The van der Waals surface area contributed by atoms with Gasteiger partial charge in [0, 0.05) is 41.6 Å². The Labute approximate surface area is 238 Å². The first-order chi connectivity index (χ1) is 19.9. The Kier molecular flexibility index (Phi) is 7.55. The number of amides is 1. The summed E-state index contributed by atoms with van der Waals surface area (Å²) in [4.78, 5) is 20.0. The molecule has 11 nitrogen and oxygen atoms in total. The molecule has 2 atom stereocenters. The summed E-state index contributed by atoms with van der Waals surface area (Å²) in [6.07, 6.45) is 0.405. The fourth-order valence-electron chi connectivity index (χ4n) is 4.55. The van der Waals surface area contributed by atoms with Gasteiger partial charge >= 0.3 is 0 Å². The number of nitrogens with zero attached hydrogens (tertiary/aromatic N) is 5. The first kappa shape index (κ1) is 26.7. The van der Waals surface area contributed by atoms with Crippen LogP contribution in [0.3, 0.4) is 0 Å². The van der Waals surface area contributed by atoms with E-state index in [9.17, 15) is 14.3 Å². The number of aromatic amines is 1. The molecule has 6 rings (SSSR count). The minimum atomic E-state index is -0.828. The summed E-state index contributed by atoms with van der Waals surface area (Å²) >= 11 is 1.39. The lowest BCUT2D eigenvalue weighted by atomic mass is 10.2. The van der Waals surface area contributed by atoms with Crippen molar-refractivity contribution in [2.24, 2.45) is 0 Å². The van der Waals surface area contributed by atoms with E-state index in [0.717, 1.165) is 16.1 Å². The average Bonchev–Trinajstić information content (AvgIpc) is 3.67. The normalized spacial score (nSPS) is 17.1. The zero-order chi connectivity index (χ0) is 28.3. The summed E-state index contributed by atoms with van der Waals surface area (Å²) in [6.45, 7) is 2.56. The van der Waals surface area contributed by atoms with Crippen LogP contribution in [0, 0.1) is 12.7 Å². The van der Waals surface area contributed by atoms with Crippen LogP contribution in [0.25, 0.3) is 5.52 Å². The lowest BCUT2D eigenvalue weighted by Gasteiger charge is -2.17. The van der Waals surface area contributed by atoms with Crippen molar-refractivity contribution in [1.29, 1.82) is 0 Å². The quantitative estimate of drug-likeness (QED) is 0.207. The smallest absolute Gasteiger partial charge is 0.238 e. The highest BCUT2D eigenvalue weighted by molar-refractivity contribution is 7.99. The lowest BCUT2D eigenvalue weighted by molar-refractivity contribution is -0.117. The number of aryl methyl sites for hydroxylation is 1. The maximum absolute atomic E-state index is 13.9. The summed E-state index contributed by atoms with van der Waals surface area (Å²) in [5.41, 5.74) is 2.39. The Hall–Kier alpha value is -4.46. The highest BCUT2D eigenvalue weighted by Crippen LogP contribution is 2.29. The van der Waals surface area contributed by atoms with Crippen molar-refractivity contribution >= 4 is 40.5 Å². The number of β-amino-alcohol motifs (C(OH)–C–C–N with tert-alkyl or cyclic N) is 1. The van der Waals surface area contributed by atoms with Gasteiger partial charge < -0.3 is 20.5 Å². The molecule has 1 aliphatic rings. The number of anilines is 3. The van der Waals surface area contributed by atoms with Gasteiger partial charge in [0.2, 0.25) is 11.1 Å². The third kappa shape index (κ3) is 6.32. The van der Waals surface area contributed by atoms with Gasteiger partial charge in [0.05, 0.1) is 6.54 Å². The highest BCUT2D eigenvalue weighted by Gasteiger charge is 2.34. The topological polar surface area (TPSA) is 133 Å². The number of rotatable bonds is 9. The van der Waals surface area contributed by atoms with Gasteiger partial charge in [-0.3, -0.25) is 14.8 Å². The van der Waals surface area contributed by atoms with Gasteiger partial charge in [-0.1, -0.05) is 12.1 Å². The summed E-state index contributed by atoms with van der Waals surface area (Å²) in [5, 5.41) is 28.7. The van der Waals surface area contributed by atoms with Crippen LogP contribution in [0.5, 0.6) is 5.75 Å². The summed E-state index contributed by atoms with van der Waals surface area (Å²) in [5.74, 6) is 0.665.